The van der Waals surface area contributed by atoms with Crippen molar-refractivity contribution >= 4 is 5.91 Å². The maximum atomic E-state index is 11.9. The Morgan fingerprint density at radius 2 is 2.21 bits per heavy atom. The zero-order valence-electron chi connectivity index (χ0n) is 11.4. The van der Waals surface area contributed by atoms with Gasteiger partial charge in [-0.15, -0.1) is 0 Å². The molecule has 2 rings (SSSR count). The van der Waals surface area contributed by atoms with E-state index in [9.17, 15) is 4.79 Å². The van der Waals surface area contributed by atoms with Gasteiger partial charge in [-0.2, -0.15) is 0 Å². The van der Waals surface area contributed by atoms with Gasteiger partial charge in [-0.25, -0.2) is 0 Å². The molecule has 1 aromatic carbocycles. The molecule has 4 heteroatoms. The third-order valence-corrected chi connectivity index (χ3v) is 3.44. The minimum Gasteiger partial charge on any atom is -0.497 e. The van der Waals surface area contributed by atoms with Crippen LogP contribution in [0, 0.1) is 5.92 Å². The summed E-state index contributed by atoms with van der Waals surface area (Å²) in [6, 6.07) is 7.93. The van der Waals surface area contributed by atoms with Gasteiger partial charge in [0, 0.05) is 25.7 Å². The van der Waals surface area contributed by atoms with E-state index in [-0.39, 0.29) is 11.8 Å². The molecule has 1 aliphatic rings. The van der Waals surface area contributed by atoms with E-state index in [1.807, 2.05) is 24.3 Å². The first kappa shape index (κ1) is 13.9. The van der Waals surface area contributed by atoms with Crippen molar-refractivity contribution in [1.29, 1.82) is 0 Å². The predicted molar refractivity (Wildman–Crippen MR) is 73.3 cm³/mol. The number of ether oxygens (including phenoxy) is 2. The average Bonchev–Trinajstić information content (AvgIpc) is 2.48. The standard InChI is InChI=1S/C15H21NO3/c1-18-14-4-2-3-12(11-14)5-8-16-15(17)13-6-9-19-10-7-13/h2-4,11,13H,5-10H2,1H3,(H,16,17). The average molecular weight is 263 g/mol. The van der Waals surface area contributed by atoms with Gasteiger partial charge in [-0.3, -0.25) is 4.79 Å². The molecule has 1 saturated heterocycles. The first-order valence-corrected chi connectivity index (χ1v) is 6.78. The summed E-state index contributed by atoms with van der Waals surface area (Å²) in [5.74, 6) is 1.14. The van der Waals surface area contributed by atoms with Gasteiger partial charge in [-0.05, 0) is 37.0 Å². The molecular formula is C15H21NO3. The Morgan fingerprint density at radius 1 is 1.42 bits per heavy atom. The number of benzene rings is 1. The molecule has 0 radical (unpaired) electrons. The quantitative estimate of drug-likeness (QED) is 0.881. The van der Waals surface area contributed by atoms with Crippen LogP contribution < -0.4 is 10.1 Å². The topological polar surface area (TPSA) is 47.6 Å². The van der Waals surface area contributed by atoms with E-state index in [1.165, 1.54) is 5.56 Å². The van der Waals surface area contributed by atoms with Crippen LogP contribution in [0.25, 0.3) is 0 Å². The van der Waals surface area contributed by atoms with Crippen LogP contribution in [0.4, 0.5) is 0 Å². The molecule has 0 atom stereocenters. The Kier molecular flexibility index (Phi) is 5.21. The zero-order valence-corrected chi connectivity index (χ0v) is 11.4. The van der Waals surface area contributed by atoms with Gasteiger partial charge < -0.3 is 14.8 Å². The summed E-state index contributed by atoms with van der Waals surface area (Å²) < 4.78 is 10.4. The highest BCUT2D eigenvalue weighted by atomic mass is 16.5. The molecule has 1 N–H and O–H groups in total. The fraction of sp³-hybridized carbons (Fsp3) is 0.533. The van der Waals surface area contributed by atoms with E-state index in [4.69, 9.17) is 9.47 Å². The third kappa shape index (κ3) is 4.24. The van der Waals surface area contributed by atoms with Crippen LogP contribution in [0.3, 0.4) is 0 Å². The lowest BCUT2D eigenvalue weighted by atomic mass is 9.99. The fourth-order valence-corrected chi connectivity index (χ4v) is 2.26. The highest BCUT2D eigenvalue weighted by molar-refractivity contribution is 5.78. The monoisotopic (exact) mass is 263 g/mol. The molecule has 104 valence electrons. The van der Waals surface area contributed by atoms with Crippen molar-refractivity contribution in [2.24, 2.45) is 5.92 Å². The van der Waals surface area contributed by atoms with Crippen LogP contribution in [0.1, 0.15) is 18.4 Å². The highest BCUT2D eigenvalue weighted by Crippen LogP contribution is 2.15. The number of methoxy groups -OCH3 is 1. The summed E-state index contributed by atoms with van der Waals surface area (Å²) >= 11 is 0. The summed E-state index contributed by atoms with van der Waals surface area (Å²) in [5.41, 5.74) is 1.17. The van der Waals surface area contributed by atoms with E-state index >= 15 is 0 Å². The van der Waals surface area contributed by atoms with Crippen molar-refractivity contribution in [3.8, 4) is 5.75 Å². The molecule has 1 fully saturated rings. The lowest BCUT2D eigenvalue weighted by Crippen LogP contribution is -2.35. The molecule has 4 nitrogen and oxygen atoms in total. The molecule has 0 saturated carbocycles. The second kappa shape index (κ2) is 7.14. The van der Waals surface area contributed by atoms with Gasteiger partial charge in [0.15, 0.2) is 0 Å². The van der Waals surface area contributed by atoms with Crippen LogP contribution in [-0.4, -0.2) is 32.8 Å². The predicted octanol–water partition coefficient (Wildman–Crippen LogP) is 1.78. The van der Waals surface area contributed by atoms with Crippen molar-refractivity contribution in [2.45, 2.75) is 19.3 Å². The lowest BCUT2D eigenvalue weighted by Gasteiger charge is -2.21. The fourth-order valence-electron chi connectivity index (χ4n) is 2.26. The van der Waals surface area contributed by atoms with Crippen molar-refractivity contribution < 1.29 is 14.3 Å². The second-order valence-corrected chi connectivity index (χ2v) is 4.78. The number of amides is 1. The third-order valence-electron chi connectivity index (χ3n) is 3.44. The number of carbonyl (C=O) groups excluding carboxylic acids is 1. The maximum absolute atomic E-state index is 11.9. The van der Waals surface area contributed by atoms with Crippen LogP contribution in [0.15, 0.2) is 24.3 Å². The molecule has 0 spiro atoms. The molecule has 1 amide bonds. The van der Waals surface area contributed by atoms with Crippen molar-refractivity contribution in [3.05, 3.63) is 29.8 Å². The number of hydrogen-bond acceptors (Lipinski definition) is 3. The van der Waals surface area contributed by atoms with Gasteiger partial charge in [0.1, 0.15) is 5.75 Å². The Balaban J connectivity index is 1.74. The zero-order chi connectivity index (χ0) is 13.5. The second-order valence-electron chi connectivity index (χ2n) is 4.78. The van der Waals surface area contributed by atoms with E-state index in [2.05, 4.69) is 5.32 Å². The van der Waals surface area contributed by atoms with Crippen LogP contribution in [-0.2, 0) is 16.0 Å². The molecule has 1 aromatic rings. The van der Waals surface area contributed by atoms with E-state index in [1.54, 1.807) is 7.11 Å². The molecule has 0 unspecified atom stereocenters. The van der Waals surface area contributed by atoms with Gasteiger partial charge in [0.05, 0.1) is 7.11 Å². The van der Waals surface area contributed by atoms with Crippen molar-refractivity contribution in [2.75, 3.05) is 26.9 Å². The smallest absolute Gasteiger partial charge is 0.223 e. The molecule has 0 bridgehead atoms. The summed E-state index contributed by atoms with van der Waals surface area (Å²) in [7, 11) is 1.66. The Hall–Kier alpha value is -1.55. The molecular weight excluding hydrogens is 242 g/mol. The normalized spacial score (nSPS) is 16.1. The minimum absolute atomic E-state index is 0.124. The summed E-state index contributed by atoms with van der Waals surface area (Å²) in [6.07, 6.45) is 2.50. The molecule has 0 aromatic heterocycles. The number of carbonyl (C=O) groups is 1. The van der Waals surface area contributed by atoms with Crippen LogP contribution in [0.2, 0.25) is 0 Å². The maximum Gasteiger partial charge on any atom is 0.223 e. The molecule has 0 aliphatic carbocycles. The number of hydrogen-bond donors (Lipinski definition) is 1. The van der Waals surface area contributed by atoms with Gasteiger partial charge >= 0.3 is 0 Å². The minimum atomic E-state index is 0.124. The Morgan fingerprint density at radius 3 is 2.95 bits per heavy atom. The highest BCUT2D eigenvalue weighted by Gasteiger charge is 2.20. The molecule has 1 heterocycles. The van der Waals surface area contributed by atoms with Crippen molar-refractivity contribution in [3.63, 3.8) is 0 Å². The van der Waals surface area contributed by atoms with Crippen LogP contribution >= 0.6 is 0 Å². The molecule has 1 aliphatic heterocycles. The van der Waals surface area contributed by atoms with E-state index in [0.29, 0.717) is 19.8 Å². The summed E-state index contributed by atoms with van der Waals surface area (Å²) in [5, 5.41) is 3.00. The largest absolute Gasteiger partial charge is 0.497 e. The number of rotatable bonds is 5. The summed E-state index contributed by atoms with van der Waals surface area (Å²) in [6.45, 7) is 2.07. The van der Waals surface area contributed by atoms with Gasteiger partial charge in [-0.1, -0.05) is 12.1 Å². The SMILES string of the molecule is COc1cccc(CCNC(=O)C2CCOCC2)c1. The van der Waals surface area contributed by atoms with Crippen LogP contribution in [0.5, 0.6) is 5.75 Å². The Labute approximate surface area is 114 Å². The van der Waals surface area contributed by atoms with E-state index in [0.717, 1.165) is 25.0 Å². The molecule has 19 heavy (non-hydrogen) atoms. The van der Waals surface area contributed by atoms with E-state index < -0.39 is 0 Å². The van der Waals surface area contributed by atoms with Gasteiger partial charge in [0.25, 0.3) is 0 Å². The van der Waals surface area contributed by atoms with Gasteiger partial charge in [0.2, 0.25) is 5.91 Å². The first-order chi connectivity index (χ1) is 9.29. The van der Waals surface area contributed by atoms with Crippen molar-refractivity contribution in [1.82, 2.24) is 5.32 Å². The Bertz CT molecular complexity index is 414. The summed E-state index contributed by atoms with van der Waals surface area (Å²) in [4.78, 5) is 11.9. The first-order valence-electron chi connectivity index (χ1n) is 6.78. The lowest BCUT2D eigenvalue weighted by molar-refractivity contribution is -0.127. The number of nitrogens with one attached hydrogen (secondary N) is 1.